The zero-order chi connectivity index (χ0) is 26.0. The number of ether oxygens (including phenoxy) is 2. The number of phenolic OH excluding ortho intramolecular Hbond substituents is 1. The minimum Gasteiger partial charge on any atom is -0.507 e. The Bertz CT molecular complexity index is 1200. The van der Waals surface area contributed by atoms with Crippen LogP contribution in [0.15, 0.2) is 41.3 Å². The number of rotatable bonds is 12. The van der Waals surface area contributed by atoms with Gasteiger partial charge in [0, 0.05) is 6.54 Å². The number of carbonyl (C=O) groups is 2. The summed E-state index contributed by atoms with van der Waals surface area (Å²) in [6.45, 7) is 5.25. The van der Waals surface area contributed by atoms with Crippen LogP contribution < -0.4 is 14.8 Å². The molecule has 35 heavy (non-hydrogen) atoms. The van der Waals surface area contributed by atoms with Crippen LogP contribution >= 0.6 is 0 Å². The first-order valence-corrected chi connectivity index (χ1v) is 12.5. The summed E-state index contributed by atoms with van der Waals surface area (Å²) >= 11 is 0. The molecule has 0 bridgehead atoms. The molecule has 0 saturated carbocycles. The first-order valence-electron chi connectivity index (χ1n) is 11.0. The molecule has 2 aromatic rings. The summed E-state index contributed by atoms with van der Waals surface area (Å²) in [6, 6.07) is 10.9. The zero-order valence-electron chi connectivity index (χ0n) is 19.8. The van der Waals surface area contributed by atoms with E-state index in [9.17, 15) is 23.1 Å². The number of benzene rings is 2. The molecule has 0 fully saturated rings. The summed E-state index contributed by atoms with van der Waals surface area (Å²) in [7, 11) is -4.07. The molecule has 1 amide bonds. The smallest absolute Gasteiger partial charge is 0.325 e. The predicted molar refractivity (Wildman–Crippen MR) is 127 cm³/mol. The molecule has 0 aliphatic carbocycles. The molecule has 0 aliphatic heterocycles. The highest BCUT2D eigenvalue weighted by molar-refractivity contribution is 7.89. The number of nitrogens with zero attached hydrogens (tertiary/aromatic N) is 1. The van der Waals surface area contributed by atoms with E-state index < -0.39 is 27.6 Å². The molecule has 0 spiro atoms. The summed E-state index contributed by atoms with van der Waals surface area (Å²) in [5, 5.41) is 21.3. The fraction of sp³-hybridized carbons (Fsp3) is 0.375. The minimum absolute atomic E-state index is 0.0228. The monoisotopic (exact) mass is 503 g/mol. The first kappa shape index (κ1) is 27.6. The first-order chi connectivity index (χ1) is 16.6. The number of hydrogen-bond acceptors (Lipinski definition) is 8. The van der Waals surface area contributed by atoms with Gasteiger partial charge in [-0.15, -0.1) is 0 Å². The highest BCUT2D eigenvalue weighted by Crippen LogP contribution is 2.26. The Kier molecular flexibility index (Phi) is 10.1. The lowest BCUT2D eigenvalue weighted by molar-refractivity contribution is -0.143. The van der Waals surface area contributed by atoms with Crippen LogP contribution in [-0.4, -0.2) is 51.7 Å². The Morgan fingerprint density at radius 1 is 1.17 bits per heavy atom. The van der Waals surface area contributed by atoms with Crippen LogP contribution in [0.25, 0.3) is 0 Å². The maximum atomic E-state index is 12.6. The lowest BCUT2D eigenvalue weighted by atomic mass is 10.00. The van der Waals surface area contributed by atoms with Gasteiger partial charge in [0.25, 0.3) is 5.91 Å². The van der Waals surface area contributed by atoms with Gasteiger partial charge in [0.15, 0.2) is 6.61 Å². The summed E-state index contributed by atoms with van der Waals surface area (Å²) in [5.74, 6) is -0.918. The fourth-order valence-electron chi connectivity index (χ4n) is 3.04. The van der Waals surface area contributed by atoms with Crippen molar-refractivity contribution in [2.45, 2.75) is 38.0 Å². The zero-order valence-corrected chi connectivity index (χ0v) is 20.6. The molecule has 0 unspecified atom stereocenters. The van der Waals surface area contributed by atoms with Crippen LogP contribution in [0.2, 0.25) is 0 Å². The van der Waals surface area contributed by atoms with Crippen molar-refractivity contribution < 1.29 is 32.6 Å². The standard InChI is InChI=1S/C24H29N3O7S/c1-4-33-24(30)14-26-23(29)15-34-21-12-19(16(2)3)7-6-18(21)9-10-27-35(31,32)22-11-17(13-25)5-8-20(22)28/h5-8,11-12,16,27-28H,4,9-10,14-15H2,1-3H3,(H,26,29). The highest BCUT2D eigenvalue weighted by Gasteiger charge is 2.19. The summed E-state index contributed by atoms with van der Waals surface area (Å²) < 4.78 is 38.1. The number of esters is 1. The van der Waals surface area contributed by atoms with E-state index in [2.05, 4.69) is 10.0 Å². The maximum Gasteiger partial charge on any atom is 0.325 e. The van der Waals surface area contributed by atoms with Crippen molar-refractivity contribution in [1.82, 2.24) is 10.0 Å². The molecular weight excluding hydrogens is 474 g/mol. The summed E-state index contributed by atoms with van der Waals surface area (Å²) in [4.78, 5) is 23.1. The molecule has 10 nitrogen and oxygen atoms in total. The lowest BCUT2D eigenvalue weighted by Crippen LogP contribution is -2.34. The fourth-order valence-corrected chi connectivity index (χ4v) is 4.20. The third-order valence-electron chi connectivity index (χ3n) is 4.92. The molecule has 188 valence electrons. The van der Waals surface area contributed by atoms with Gasteiger partial charge < -0.3 is 19.9 Å². The number of hydrogen-bond donors (Lipinski definition) is 3. The van der Waals surface area contributed by atoms with Crippen LogP contribution in [0.5, 0.6) is 11.5 Å². The molecular formula is C24H29N3O7S. The largest absolute Gasteiger partial charge is 0.507 e. The summed E-state index contributed by atoms with van der Waals surface area (Å²) in [5.41, 5.74) is 1.73. The van der Waals surface area contributed by atoms with Gasteiger partial charge >= 0.3 is 5.97 Å². The van der Waals surface area contributed by atoms with E-state index in [0.29, 0.717) is 11.3 Å². The molecule has 2 aromatic carbocycles. The van der Waals surface area contributed by atoms with Crippen LogP contribution in [0.3, 0.4) is 0 Å². The molecule has 0 aliphatic rings. The number of amides is 1. The van der Waals surface area contributed by atoms with Crippen molar-refractivity contribution in [3.05, 3.63) is 53.1 Å². The summed E-state index contributed by atoms with van der Waals surface area (Å²) in [6.07, 6.45) is 0.232. The van der Waals surface area contributed by atoms with Crippen LogP contribution in [0.1, 0.15) is 43.4 Å². The van der Waals surface area contributed by atoms with Gasteiger partial charge in [-0.25, -0.2) is 13.1 Å². The van der Waals surface area contributed by atoms with E-state index in [-0.39, 0.29) is 49.1 Å². The molecule has 0 aromatic heterocycles. The second kappa shape index (κ2) is 12.7. The Labute approximate surface area is 204 Å². The van der Waals surface area contributed by atoms with E-state index in [1.165, 1.54) is 6.07 Å². The number of carbonyl (C=O) groups excluding carboxylic acids is 2. The molecule has 2 rings (SSSR count). The van der Waals surface area contributed by atoms with Gasteiger partial charge in [-0.1, -0.05) is 26.0 Å². The molecule has 0 saturated heterocycles. The van der Waals surface area contributed by atoms with Crippen molar-refractivity contribution in [3.63, 3.8) is 0 Å². The van der Waals surface area contributed by atoms with Crippen LogP contribution in [-0.2, 0) is 30.8 Å². The molecule has 11 heteroatoms. The number of sulfonamides is 1. The van der Waals surface area contributed by atoms with E-state index in [4.69, 9.17) is 14.7 Å². The van der Waals surface area contributed by atoms with Crippen molar-refractivity contribution in [2.75, 3.05) is 26.3 Å². The number of phenols is 1. The third kappa shape index (κ3) is 8.27. The molecule has 0 radical (unpaired) electrons. The second-order valence-electron chi connectivity index (χ2n) is 7.83. The van der Waals surface area contributed by atoms with Gasteiger partial charge in [-0.2, -0.15) is 5.26 Å². The van der Waals surface area contributed by atoms with Crippen molar-refractivity contribution in [1.29, 1.82) is 5.26 Å². The average molecular weight is 504 g/mol. The van der Waals surface area contributed by atoms with E-state index in [0.717, 1.165) is 17.7 Å². The number of nitrogens with one attached hydrogen (secondary N) is 2. The Hall–Kier alpha value is -3.62. The Morgan fingerprint density at radius 2 is 1.91 bits per heavy atom. The number of aromatic hydroxyl groups is 1. The van der Waals surface area contributed by atoms with Gasteiger partial charge in [-0.3, -0.25) is 9.59 Å². The van der Waals surface area contributed by atoms with E-state index in [1.807, 2.05) is 26.0 Å². The topological polar surface area (TPSA) is 155 Å². The predicted octanol–water partition coefficient (Wildman–Crippen LogP) is 1.97. The van der Waals surface area contributed by atoms with Crippen LogP contribution in [0, 0.1) is 11.3 Å². The van der Waals surface area contributed by atoms with Crippen LogP contribution in [0.4, 0.5) is 0 Å². The lowest BCUT2D eigenvalue weighted by Gasteiger charge is -2.15. The van der Waals surface area contributed by atoms with Crippen molar-refractivity contribution >= 4 is 21.9 Å². The molecule has 3 N–H and O–H groups in total. The third-order valence-corrected chi connectivity index (χ3v) is 6.41. The quantitative estimate of drug-likeness (QED) is 0.371. The normalized spacial score (nSPS) is 11.1. The van der Waals surface area contributed by atoms with Gasteiger partial charge in [-0.05, 0) is 54.7 Å². The van der Waals surface area contributed by atoms with Crippen molar-refractivity contribution in [3.8, 4) is 17.6 Å². The van der Waals surface area contributed by atoms with E-state index >= 15 is 0 Å². The van der Waals surface area contributed by atoms with E-state index in [1.54, 1.807) is 19.1 Å². The Balaban J connectivity index is 2.08. The second-order valence-corrected chi connectivity index (χ2v) is 9.57. The SMILES string of the molecule is CCOC(=O)CNC(=O)COc1cc(C(C)C)ccc1CCNS(=O)(=O)c1cc(C#N)ccc1O. The molecule has 0 atom stereocenters. The number of nitriles is 1. The van der Waals surface area contributed by atoms with Gasteiger partial charge in [0.05, 0.1) is 18.2 Å². The minimum atomic E-state index is -4.07. The van der Waals surface area contributed by atoms with Gasteiger partial charge in [0.2, 0.25) is 10.0 Å². The molecule has 0 heterocycles. The Morgan fingerprint density at radius 3 is 2.57 bits per heavy atom. The highest BCUT2D eigenvalue weighted by atomic mass is 32.2. The van der Waals surface area contributed by atoms with Crippen molar-refractivity contribution in [2.24, 2.45) is 0 Å². The average Bonchev–Trinajstić information content (AvgIpc) is 2.82. The van der Waals surface area contributed by atoms with Gasteiger partial charge in [0.1, 0.15) is 22.9 Å². The maximum absolute atomic E-state index is 12.6.